The number of fused-ring (bicyclic) bond motifs is 1. The second-order valence-corrected chi connectivity index (χ2v) is 6.75. The number of hydrogen-bond donors (Lipinski definition) is 0. The van der Waals surface area contributed by atoms with Gasteiger partial charge in [-0.1, -0.05) is 6.92 Å². The van der Waals surface area contributed by atoms with Crippen molar-refractivity contribution in [2.45, 2.75) is 38.6 Å². The average Bonchev–Trinajstić information content (AvgIpc) is 2.94. The van der Waals surface area contributed by atoms with Crippen LogP contribution in [0.15, 0.2) is 23.7 Å². The van der Waals surface area contributed by atoms with Crippen molar-refractivity contribution in [1.29, 1.82) is 0 Å². The van der Waals surface area contributed by atoms with Crippen molar-refractivity contribution in [1.82, 2.24) is 9.88 Å². The van der Waals surface area contributed by atoms with E-state index in [2.05, 4.69) is 11.9 Å². The smallest absolute Gasteiger partial charge is 0.253 e. The Morgan fingerprint density at radius 2 is 2.05 bits per heavy atom. The molecule has 1 amide bonds. The van der Waals surface area contributed by atoms with Crippen LogP contribution in [0.4, 0.5) is 0 Å². The van der Waals surface area contributed by atoms with Crippen LogP contribution in [0.1, 0.15) is 43.0 Å². The zero-order valence-electron chi connectivity index (χ0n) is 12.0. The molecule has 0 aliphatic heterocycles. The normalized spacial score (nSPS) is 22.9. The van der Waals surface area contributed by atoms with Gasteiger partial charge in [0.1, 0.15) is 0 Å². The lowest BCUT2D eigenvalue weighted by Crippen LogP contribution is -2.39. The van der Waals surface area contributed by atoms with E-state index in [0.29, 0.717) is 6.04 Å². The van der Waals surface area contributed by atoms with Crippen LogP contribution in [0, 0.1) is 5.92 Å². The second-order valence-electron chi connectivity index (χ2n) is 5.86. The predicted octanol–water partition coefficient (Wildman–Crippen LogP) is 3.95. The van der Waals surface area contributed by atoms with Gasteiger partial charge in [0.2, 0.25) is 0 Å². The SMILES string of the molecule is CC1CCC(N(C)C(=O)c2ccc3ncsc3c2)CC1. The van der Waals surface area contributed by atoms with Gasteiger partial charge in [0.05, 0.1) is 15.7 Å². The van der Waals surface area contributed by atoms with E-state index in [1.165, 1.54) is 12.8 Å². The van der Waals surface area contributed by atoms with Crippen molar-refractivity contribution in [3.63, 3.8) is 0 Å². The Balaban J connectivity index is 1.77. The van der Waals surface area contributed by atoms with Crippen molar-refractivity contribution >= 4 is 27.5 Å². The standard InChI is InChI=1S/C16H20N2OS/c1-11-3-6-13(7-4-11)18(2)16(19)12-5-8-14-15(9-12)20-10-17-14/h5,8-11,13H,3-4,6-7H2,1-2H3. The first-order chi connectivity index (χ1) is 9.65. The molecular weight excluding hydrogens is 268 g/mol. The topological polar surface area (TPSA) is 33.2 Å². The number of amides is 1. The second kappa shape index (κ2) is 5.52. The van der Waals surface area contributed by atoms with Gasteiger partial charge in [-0.15, -0.1) is 11.3 Å². The van der Waals surface area contributed by atoms with Crippen LogP contribution in [0.2, 0.25) is 0 Å². The number of rotatable bonds is 2. The molecule has 106 valence electrons. The van der Waals surface area contributed by atoms with Crippen molar-refractivity contribution < 1.29 is 4.79 Å². The molecule has 1 fully saturated rings. The molecule has 0 spiro atoms. The molecule has 1 saturated carbocycles. The van der Waals surface area contributed by atoms with E-state index in [-0.39, 0.29) is 5.91 Å². The van der Waals surface area contributed by atoms with Crippen LogP contribution in [-0.4, -0.2) is 28.9 Å². The fourth-order valence-corrected chi connectivity index (χ4v) is 3.70. The Labute approximate surface area is 123 Å². The van der Waals surface area contributed by atoms with E-state index in [0.717, 1.165) is 34.5 Å². The molecule has 3 nitrogen and oxygen atoms in total. The maximum absolute atomic E-state index is 12.6. The van der Waals surface area contributed by atoms with Gasteiger partial charge in [-0.25, -0.2) is 4.98 Å². The van der Waals surface area contributed by atoms with E-state index in [1.807, 2.05) is 35.7 Å². The number of hydrogen-bond acceptors (Lipinski definition) is 3. The first-order valence-corrected chi connectivity index (χ1v) is 8.13. The molecule has 2 aromatic rings. The van der Waals surface area contributed by atoms with Gasteiger partial charge in [-0.3, -0.25) is 4.79 Å². The Morgan fingerprint density at radius 3 is 2.80 bits per heavy atom. The molecule has 0 unspecified atom stereocenters. The summed E-state index contributed by atoms with van der Waals surface area (Å²) in [6, 6.07) is 6.20. The summed E-state index contributed by atoms with van der Waals surface area (Å²) in [5.41, 5.74) is 3.58. The molecule has 1 aromatic carbocycles. The zero-order valence-corrected chi connectivity index (χ0v) is 12.8. The van der Waals surface area contributed by atoms with Gasteiger partial charge in [0.15, 0.2) is 0 Å². The van der Waals surface area contributed by atoms with Gasteiger partial charge in [-0.05, 0) is 49.8 Å². The molecule has 1 aromatic heterocycles. The molecule has 0 bridgehead atoms. The molecule has 1 heterocycles. The molecule has 0 saturated heterocycles. The molecule has 0 N–H and O–H groups in total. The summed E-state index contributed by atoms with van der Waals surface area (Å²) in [5, 5.41) is 0. The van der Waals surface area contributed by atoms with Gasteiger partial charge >= 0.3 is 0 Å². The quantitative estimate of drug-likeness (QED) is 0.838. The molecule has 0 radical (unpaired) electrons. The molecule has 4 heteroatoms. The summed E-state index contributed by atoms with van der Waals surface area (Å²) in [6.45, 7) is 2.30. The van der Waals surface area contributed by atoms with E-state index in [4.69, 9.17) is 0 Å². The predicted molar refractivity (Wildman–Crippen MR) is 83.1 cm³/mol. The number of carbonyl (C=O) groups excluding carboxylic acids is 1. The van der Waals surface area contributed by atoms with Gasteiger partial charge in [0.25, 0.3) is 5.91 Å². The summed E-state index contributed by atoms with van der Waals surface area (Å²) < 4.78 is 1.08. The molecule has 20 heavy (non-hydrogen) atoms. The van der Waals surface area contributed by atoms with Crippen LogP contribution >= 0.6 is 11.3 Å². The van der Waals surface area contributed by atoms with E-state index in [1.54, 1.807) is 11.3 Å². The monoisotopic (exact) mass is 288 g/mol. The lowest BCUT2D eigenvalue weighted by atomic mass is 9.86. The minimum Gasteiger partial charge on any atom is -0.339 e. The third kappa shape index (κ3) is 2.57. The van der Waals surface area contributed by atoms with Gasteiger partial charge in [0, 0.05) is 18.7 Å². The highest BCUT2D eigenvalue weighted by Gasteiger charge is 2.25. The average molecular weight is 288 g/mol. The number of nitrogens with zero attached hydrogens (tertiary/aromatic N) is 2. The Kier molecular flexibility index (Phi) is 3.74. The molecule has 1 aliphatic carbocycles. The van der Waals surface area contributed by atoms with Crippen LogP contribution in [-0.2, 0) is 0 Å². The number of aromatic nitrogens is 1. The summed E-state index contributed by atoms with van der Waals surface area (Å²) in [6.07, 6.45) is 4.73. The van der Waals surface area contributed by atoms with Crippen molar-refractivity contribution in [3.05, 3.63) is 29.3 Å². The number of thiazole rings is 1. The number of carbonyl (C=O) groups is 1. The van der Waals surface area contributed by atoms with Crippen LogP contribution in [0.5, 0.6) is 0 Å². The van der Waals surface area contributed by atoms with Gasteiger partial charge < -0.3 is 4.90 Å². The van der Waals surface area contributed by atoms with E-state index in [9.17, 15) is 4.79 Å². The third-order valence-corrected chi connectivity index (χ3v) is 5.22. The fraction of sp³-hybridized carbons (Fsp3) is 0.500. The lowest BCUT2D eigenvalue weighted by Gasteiger charge is -2.33. The molecule has 0 atom stereocenters. The van der Waals surface area contributed by atoms with Crippen molar-refractivity contribution in [2.75, 3.05) is 7.05 Å². The summed E-state index contributed by atoms with van der Waals surface area (Å²) >= 11 is 1.58. The van der Waals surface area contributed by atoms with E-state index < -0.39 is 0 Å². The number of benzene rings is 1. The summed E-state index contributed by atoms with van der Waals surface area (Å²) in [7, 11) is 1.94. The van der Waals surface area contributed by atoms with E-state index >= 15 is 0 Å². The summed E-state index contributed by atoms with van der Waals surface area (Å²) in [4.78, 5) is 18.8. The largest absolute Gasteiger partial charge is 0.339 e. The fourth-order valence-electron chi connectivity index (χ4n) is 2.99. The highest BCUT2D eigenvalue weighted by Crippen LogP contribution is 2.28. The summed E-state index contributed by atoms with van der Waals surface area (Å²) in [5.74, 6) is 0.947. The Bertz CT molecular complexity index is 614. The minimum atomic E-state index is 0.139. The molecule has 3 rings (SSSR count). The third-order valence-electron chi connectivity index (χ3n) is 4.43. The van der Waals surface area contributed by atoms with Crippen LogP contribution < -0.4 is 0 Å². The van der Waals surface area contributed by atoms with Crippen LogP contribution in [0.25, 0.3) is 10.2 Å². The van der Waals surface area contributed by atoms with Crippen molar-refractivity contribution in [3.8, 4) is 0 Å². The minimum absolute atomic E-state index is 0.139. The first kappa shape index (κ1) is 13.6. The Morgan fingerprint density at radius 1 is 1.30 bits per heavy atom. The Hall–Kier alpha value is -1.42. The van der Waals surface area contributed by atoms with Gasteiger partial charge in [-0.2, -0.15) is 0 Å². The maximum atomic E-state index is 12.6. The highest BCUT2D eigenvalue weighted by molar-refractivity contribution is 7.16. The molecule has 1 aliphatic rings. The maximum Gasteiger partial charge on any atom is 0.253 e. The first-order valence-electron chi connectivity index (χ1n) is 7.25. The highest BCUT2D eigenvalue weighted by atomic mass is 32.1. The van der Waals surface area contributed by atoms with Crippen LogP contribution in [0.3, 0.4) is 0 Å². The lowest BCUT2D eigenvalue weighted by molar-refractivity contribution is 0.0679. The molecular formula is C16H20N2OS. The zero-order chi connectivity index (χ0) is 14.1. The van der Waals surface area contributed by atoms with Crippen molar-refractivity contribution in [2.24, 2.45) is 5.92 Å².